The van der Waals surface area contributed by atoms with Crippen molar-refractivity contribution in [1.29, 1.82) is 0 Å². The zero-order valence-electron chi connectivity index (χ0n) is 13.9. The summed E-state index contributed by atoms with van der Waals surface area (Å²) in [4.78, 5) is 14.5. The summed E-state index contributed by atoms with van der Waals surface area (Å²) in [7, 11) is 1.65. The van der Waals surface area contributed by atoms with E-state index in [0.717, 1.165) is 42.0 Å². The first-order chi connectivity index (χ1) is 11.6. The van der Waals surface area contributed by atoms with Gasteiger partial charge in [-0.3, -0.25) is 0 Å². The summed E-state index contributed by atoms with van der Waals surface area (Å²) in [5, 5.41) is 3.61. The molecule has 1 fully saturated rings. The maximum Gasteiger partial charge on any atom is 0.322 e. The normalized spacial score (nSPS) is 17.0. The summed E-state index contributed by atoms with van der Waals surface area (Å²) < 4.78 is 5.20. The zero-order valence-corrected chi connectivity index (χ0v) is 14.6. The molecule has 1 heterocycles. The second-order valence-electron chi connectivity index (χ2n) is 6.02. The van der Waals surface area contributed by atoms with Gasteiger partial charge in [-0.25, -0.2) is 4.79 Å². The number of anilines is 1. The number of halogens is 1. The van der Waals surface area contributed by atoms with Crippen LogP contribution in [0.2, 0.25) is 5.02 Å². The smallest absolute Gasteiger partial charge is 0.322 e. The number of rotatable bonds is 3. The number of nitrogens with one attached hydrogen (secondary N) is 1. The molecule has 2 amide bonds. The Morgan fingerprint density at radius 2 is 2.00 bits per heavy atom. The lowest BCUT2D eigenvalue weighted by molar-refractivity contribution is 0.207. The summed E-state index contributed by atoms with van der Waals surface area (Å²) in [5.41, 5.74) is 2.84. The van der Waals surface area contributed by atoms with Gasteiger partial charge in [0.15, 0.2) is 0 Å². The van der Waals surface area contributed by atoms with Crippen LogP contribution in [0.15, 0.2) is 42.5 Å². The van der Waals surface area contributed by atoms with E-state index in [1.54, 1.807) is 13.2 Å². The third-order valence-electron chi connectivity index (χ3n) is 4.44. The highest BCUT2D eigenvalue weighted by atomic mass is 35.5. The van der Waals surface area contributed by atoms with E-state index in [1.807, 2.05) is 48.2 Å². The fourth-order valence-corrected chi connectivity index (χ4v) is 3.23. The second kappa shape index (κ2) is 7.14. The molecule has 1 atom stereocenters. The molecule has 5 heteroatoms. The van der Waals surface area contributed by atoms with Crippen molar-refractivity contribution in [2.24, 2.45) is 0 Å². The van der Waals surface area contributed by atoms with Crippen LogP contribution in [-0.4, -0.2) is 24.6 Å². The molecule has 1 aliphatic rings. The van der Waals surface area contributed by atoms with Gasteiger partial charge in [0.2, 0.25) is 0 Å². The molecule has 1 N–H and O–H groups in total. The Morgan fingerprint density at radius 1 is 1.25 bits per heavy atom. The topological polar surface area (TPSA) is 41.6 Å². The van der Waals surface area contributed by atoms with E-state index in [9.17, 15) is 4.79 Å². The van der Waals surface area contributed by atoms with E-state index in [0.29, 0.717) is 5.02 Å². The Hall–Kier alpha value is -2.20. The van der Waals surface area contributed by atoms with Gasteiger partial charge in [0, 0.05) is 17.3 Å². The largest absolute Gasteiger partial charge is 0.497 e. The molecule has 2 aromatic rings. The van der Waals surface area contributed by atoms with Crippen molar-refractivity contribution >= 4 is 23.3 Å². The average molecular weight is 345 g/mol. The maximum absolute atomic E-state index is 12.7. The lowest BCUT2D eigenvalue weighted by atomic mass is 10.0. The lowest BCUT2D eigenvalue weighted by Crippen LogP contribution is -2.34. The Kier molecular flexibility index (Phi) is 4.95. The number of aryl methyl sites for hydroxylation is 1. The molecular weight excluding hydrogens is 324 g/mol. The van der Waals surface area contributed by atoms with Crippen molar-refractivity contribution in [3.63, 3.8) is 0 Å². The van der Waals surface area contributed by atoms with Crippen LogP contribution in [0.25, 0.3) is 0 Å². The number of likely N-dealkylation sites (tertiary alicyclic amines) is 1. The molecule has 0 saturated carbocycles. The van der Waals surface area contributed by atoms with E-state index in [1.165, 1.54) is 0 Å². The minimum absolute atomic E-state index is 0.0896. The van der Waals surface area contributed by atoms with Crippen molar-refractivity contribution in [3.8, 4) is 5.75 Å². The van der Waals surface area contributed by atoms with Gasteiger partial charge in [-0.2, -0.15) is 0 Å². The summed E-state index contributed by atoms with van der Waals surface area (Å²) >= 11 is 6.13. The van der Waals surface area contributed by atoms with Crippen LogP contribution >= 0.6 is 11.6 Å². The van der Waals surface area contributed by atoms with E-state index in [2.05, 4.69) is 5.32 Å². The molecule has 0 radical (unpaired) electrons. The van der Waals surface area contributed by atoms with Crippen molar-refractivity contribution in [2.45, 2.75) is 25.8 Å². The summed E-state index contributed by atoms with van der Waals surface area (Å²) in [6, 6.07) is 13.5. The van der Waals surface area contributed by atoms with Gasteiger partial charge in [0.05, 0.1) is 13.2 Å². The SMILES string of the molecule is COc1ccc([C@@H]2CCCN2C(=O)Nc2ccc(C)c(Cl)c2)cc1. The van der Waals surface area contributed by atoms with E-state index < -0.39 is 0 Å². The minimum Gasteiger partial charge on any atom is -0.497 e. The Balaban J connectivity index is 1.74. The Labute approximate surface area is 147 Å². The number of urea groups is 1. The van der Waals surface area contributed by atoms with Gasteiger partial charge in [-0.15, -0.1) is 0 Å². The summed E-state index contributed by atoms with van der Waals surface area (Å²) in [6.07, 6.45) is 1.97. The van der Waals surface area contributed by atoms with Gasteiger partial charge in [-0.1, -0.05) is 29.8 Å². The van der Waals surface area contributed by atoms with Gasteiger partial charge in [-0.05, 0) is 55.2 Å². The van der Waals surface area contributed by atoms with Gasteiger partial charge < -0.3 is 15.0 Å². The zero-order chi connectivity index (χ0) is 17.1. The van der Waals surface area contributed by atoms with Crippen LogP contribution in [0.4, 0.5) is 10.5 Å². The number of carbonyl (C=O) groups excluding carboxylic acids is 1. The van der Waals surface area contributed by atoms with E-state index in [4.69, 9.17) is 16.3 Å². The van der Waals surface area contributed by atoms with E-state index >= 15 is 0 Å². The highest BCUT2D eigenvalue weighted by Gasteiger charge is 2.30. The predicted octanol–water partition coefficient (Wildman–Crippen LogP) is 5.03. The third kappa shape index (κ3) is 3.49. The summed E-state index contributed by atoms with van der Waals surface area (Å²) in [6.45, 7) is 2.69. The molecule has 4 nitrogen and oxygen atoms in total. The number of carbonyl (C=O) groups is 1. The molecule has 0 aliphatic carbocycles. The number of ether oxygens (including phenoxy) is 1. The average Bonchev–Trinajstić information content (AvgIpc) is 3.08. The highest BCUT2D eigenvalue weighted by molar-refractivity contribution is 6.31. The molecule has 24 heavy (non-hydrogen) atoms. The fraction of sp³-hybridized carbons (Fsp3) is 0.316. The number of hydrogen-bond acceptors (Lipinski definition) is 2. The van der Waals surface area contributed by atoms with Crippen molar-refractivity contribution in [1.82, 2.24) is 4.90 Å². The first-order valence-corrected chi connectivity index (χ1v) is 8.44. The number of hydrogen-bond donors (Lipinski definition) is 1. The van der Waals surface area contributed by atoms with Gasteiger partial charge >= 0.3 is 6.03 Å². The molecule has 2 aromatic carbocycles. The monoisotopic (exact) mass is 344 g/mol. The fourth-order valence-electron chi connectivity index (χ4n) is 3.05. The van der Waals surface area contributed by atoms with Crippen LogP contribution in [0.1, 0.15) is 30.0 Å². The van der Waals surface area contributed by atoms with Crippen LogP contribution in [0, 0.1) is 6.92 Å². The standard InChI is InChI=1S/C19H21ClN2O2/c1-13-5-8-15(12-17(13)20)21-19(23)22-11-3-4-18(22)14-6-9-16(24-2)10-7-14/h5-10,12,18H,3-4,11H2,1-2H3,(H,21,23)/t18-/m0/s1. The second-order valence-corrected chi connectivity index (χ2v) is 6.43. The molecular formula is C19H21ClN2O2. The molecule has 0 aromatic heterocycles. The molecule has 126 valence electrons. The number of benzene rings is 2. The maximum atomic E-state index is 12.7. The van der Waals surface area contributed by atoms with Crippen LogP contribution in [0.5, 0.6) is 5.75 Å². The minimum atomic E-state index is -0.0896. The third-order valence-corrected chi connectivity index (χ3v) is 4.84. The van der Waals surface area contributed by atoms with Crippen molar-refractivity contribution < 1.29 is 9.53 Å². The van der Waals surface area contributed by atoms with Crippen molar-refractivity contribution in [3.05, 3.63) is 58.6 Å². The van der Waals surface area contributed by atoms with Gasteiger partial charge in [0.25, 0.3) is 0 Å². The Morgan fingerprint density at radius 3 is 2.67 bits per heavy atom. The Bertz CT molecular complexity index is 731. The van der Waals surface area contributed by atoms with Crippen LogP contribution in [-0.2, 0) is 0 Å². The quantitative estimate of drug-likeness (QED) is 0.848. The van der Waals surface area contributed by atoms with Crippen LogP contribution in [0.3, 0.4) is 0 Å². The molecule has 1 aliphatic heterocycles. The first-order valence-electron chi connectivity index (χ1n) is 8.06. The number of methoxy groups -OCH3 is 1. The lowest BCUT2D eigenvalue weighted by Gasteiger charge is -2.25. The first kappa shape index (κ1) is 16.7. The van der Waals surface area contributed by atoms with E-state index in [-0.39, 0.29) is 12.1 Å². The predicted molar refractivity (Wildman–Crippen MR) is 96.9 cm³/mol. The number of amides is 2. The summed E-state index contributed by atoms with van der Waals surface area (Å²) in [5.74, 6) is 0.821. The molecule has 1 saturated heterocycles. The molecule has 3 rings (SSSR count). The van der Waals surface area contributed by atoms with Crippen LogP contribution < -0.4 is 10.1 Å². The molecule has 0 unspecified atom stereocenters. The number of nitrogens with zero attached hydrogens (tertiary/aromatic N) is 1. The van der Waals surface area contributed by atoms with Gasteiger partial charge in [0.1, 0.15) is 5.75 Å². The molecule has 0 bridgehead atoms. The molecule has 0 spiro atoms. The van der Waals surface area contributed by atoms with Crippen molar-refractivity contribution in [2.75, 3.05) is 19.0 Å². The highest BCUT2D eigenvalue weighted by Crippen LogP contribution is 2.33.